The lowest BCUT2D eigenvalue weighted by Gasteiger charge is -2.01. The lowest BCUT2D eigenvalue weighted by atomic mass is 10.1. The lowest BCUT2D eigenvalue weighted by Crippen LogP contribution is -1.93. The highest BCUT2D eigenvalue weighted by Crippen LogP contribution is 2.22. The third-order valence-corrected chi connectivity index (χ3v) is 7.21. The van der Waals surface area contributed by atoms with Gasteiger partial charge in [0.25, 0.3) is 5.69 Å². The van der Waals surface area contributed by atoms with E-state index in [1.807, 2.05) is 35.7 Å². The summed E-state index contributed by atoms with van der Waals surface area (Å²) in [5.41, 5.74) is 2.37. The fourth-order valence-electron chi connectivity index (χ4n) is 2.95. The number of nitrogens with zero attached hydrogens (tertiary/aromatic N) is 1. The Morgan fingerprint density at radius 2 is 1.40 bits per heavy atom. The largest absolute Gasteiger partial charge is 0.287 e. The van der Waals surface area contributed by atoms with Crippen molar-refractivity contribution in [1.82, 2.24) is 0 Å². The number of carbonyl (C=O) groups excluding carboxylic acids is 1. The molecule has 0 unspecified atom stereocenters. The third kappa shape index (κ3) is 8.88. The summed E-state index contributed by atoms with van der Waals surface area (Å²) in [4.78, 5) is 24.4. The van der Waals surface area contributed by atoms with Gasteiger partial charge < -0.3 is 0 Å². The zero-order valence-electron chi connectivity index (χ0n) is 19.4. The van der Waals surface area contributed by atoms with Crippen LogP contribution in [0.4, 0.5) is 5.69 Å². The zero-order valence-corrected chi connectivity index (χ0v) is 21.8. The van der Waals surface area contributed by atoms with E-state index in [1.165, 1.54) is 30.1 Å². The molecule has 7 heteroatoms. The molecule has 0 amide bonds. The van der Waals surface area contributed by atoms with Crippen LogP contribution < -0.4 is 0 Å². The van der Waals surface area contributed by atoms with Gasteiger partial charge in [-0.15, -0.1) is 11.8 Å². The number of hydrogen-bond donors (Lipinski definition) is 0. The Balaban J connectivity index is 1.72. The van der Waals surface area contributed by atoms with Gasteiger partial charge >= 0.3 is 0 Å². The molecule has 3 rings (SSSR count). The maximum atomic E-state index is 11.6. The van der Waals surface area contributed by atoms with Gasteiger partial charge in [0, 0.05) is 39.5 Å². The number of thioether (sulfide) groups is 3. The van der Waals surface area contributed by atoms with Crippen molar-refractivity contribution >= 4 is 46.1 Å². The fourth-order valence-corrected chi connectivity index (χ4v) is 5.02. The summed E-state index contributed by atoms with van der Waals surface area (Å²) < 4.78 is 0. The highest BCUT2D eigenvalue weighted by Gasteiger charge is 2.12. The molecule has 0 N–H and O–H groups in total. The van der Waals surface area contributed by atoms with Crippen molar-refractivity contribution in [3.8, 4) is 23.7 Å². The van der Waals surface area contributed by atoms with Gasteiger partial charge in [-0.05, 0) is 84.8 Å². The SMILES string of the molecule is CSCCCSc1ccc(C#Cc2ccc(C#Cc3ccc(SC(C)=O)cc3)c([N+](=O)[O-])c2)cc1. The summed E-state index contributed by atoms with van der Waals surface area (Å²) >= 11 is 4.84. The number of nitro benzene ring substituents is 1. The molecule has 3 aromatic rings. The molecule has 35 heavy (non-hydrogen) atoms. The van der Waals surface area contributed by atoms with Crippen LogP contribution in [0.3, 0.4) is 0 Å². The first-order valence-electron chi connectivity index (χ1n) is 10.8. The molecule has 0 radical (unpaired) electrons. The van der Waals surface area contributed by atoms with Gasteiger partial charge in [-0.25, -0.2) is 0 Å². The number of benzene rings is 3. The van der Waals surface area contributed by atoms with Gasteiger partial charge in [0.15, 0.2) is 5.12 Å². The predicted molar refractivity (Wildman–Crippen MR) is 148 cm³/mol. The first kappa shape index (κ1) is 26.5. The van der Waals surface area contributed by atoms with E-state index < -0.39 is 4.92 Å². The van der Waals surface area contributed by atoms with Crippen LogP contribution in [-0.2, 0) is 4.79 Å². The van der Waals surface area contributed by atoms with Crippen LogP contribution >= 0.6 is 35.3 Å². The first-order chi connectivity index (χ1) is 16.9. The zero-order chi connectivity index (χ0) is 25.0. The second-order valence-electron chi connectivity index (χ2n) is 7.33. The molecule has 0 saturated carbocycles. The second kappa shape index (κ2) is 13.7. The standard InChI is InChI=1S/C28H23NO3S3/c1-21(30)35-27-16-10-23(11-17-27)6-12-25-13-7-24(20-28(25)29(31)32)5-4-22-8-14-26(15-9-22)34-19-3-18-33-2/h7-11,13-17,20H,3,18-19H2,1-2H3. The Labute approximate surface area is 218 Å². The maximum absolute atomic E-state index is 11.6. The summed E-state index contributed by atoms with van der Waals surface area (Å²) in [5.74, 6) is 14.2. The average molecular weight is 518 g/mol. The van der Waals surface area contributed by atoms with Crippen molar-refractivity contribution in [2.45, 2.75) is 23.1 Å². The van der Waals surface area contributed by atoms with E-state index >= 15 is 0 Å². The van der Waals surface area contributed by atoms with Crippen molar-refractivity contribution < 1.29 is 9.72 Å². The van der Waals surface area contributed by atoms with Crippen LogP contribution in [0, 0.1) is 33.8 Å². The van der Waals surface area contributed by atoms with Crippen molar-refractivity contribution in [3.63, 3.8) is 0 Å². The number of carbonyl (C=O) groups is 1. The minimum Gasteiger partial charge on any atom is -0.287 e. The van der Waals surface area contributed by atoms with E-state index in [9.17, 15) is 14.9 Å². The van der Waals surface area contributed by atoms with E-state index in [0.29, 0.717) is 16.7 Å². The molecule has 0 heterocycles. The normalized spacial score (nSPS) is 10.0. The Morgan fingerprint density at radius 1 is 0.829 bits per heavy atom. The highest BCUT2D eigenvalue weighted by atomic mass is 32.2. The van der Waals surface area contributed by atoms with Gasteiger partial charge in [0.1, 0.15) is 5.56 Å². The molecule has 3 aromatic carbocycles. The van der Waals surface area contributed by atoms with Crippen LogP contribution in [0.2, 0.25) is 0 Å². The smallest absolute Gasteiger partial charge is 0.286 e. The molecule has 4 nitrogen and oxygen atoms in total. The van der Waals surface area contributed by atoms with Gasteiger partial charge in [-0.2, -0.15) is 11.8 Å². The molecule has 0 aliphatic rings. The van der Waals surface area contributed by atoms with E-state index in [2.05, 4.69) is 42.1 Å². The molecule has 0 saturated heterocycles. The van der Waals surface area contributed by atoms with Gasteiger partial charge in [-0.1, -0.05) is 35.4 Å². The Kier molecular flexibility index (Phi) is 10.4. The van der Waals surface area contributed by atoms with Crippen molar-refractivity contribution in [2.75, 3.05) is 17.8 Å². The molecule has 0 bridgehead atoms. The quantitative estimate of drug-likeness (QED) is 0.112. The molecular formula is C28H23NO3S3. The van der Waals surface area contributed by atoms with Crippen molar-refractivity contribution in [3.05, 3.63) is 99.1 Å². The molecule has 176 valence electrons. The van der Waals surface area contributed by atoms with Crippen LogP contribution in [-0.4, -0.2) is 27.8 Å². The molecule has 0 atom stereocenters. The van der Waals surface area contributed by atoms with Crippen molar-refractivity contribution in [2.24, 2.45) is 0 Å². The predicted octanol–water partition coefficient (Wildman–Crippen LogP) is 6.88. The third-order valence-electron chi connectivity index (χ3n) is 4.62. The molecular weight excluding hydrogens is 495 g/mol. The van der Waals surface area contributed by atoms with Crippen LogP contribution in [0.5, 0.6) is 0 Å². The lowest BCUT2D eigenvalue weighted by molar-refractivity contribution is -0.385. The minimum absolute atomic E-state index is 0.00999. The molecule has 0 aliphatic carbocycles. The molecule has 0 aromatic heterocycles. The topological polar surface area (TPSA) is 60.2 Å². The highest BCUT2D eigenvalue weighted by molar-refractivity contribution is 8.13. The fraction of sp³-hybridized carbons (Fsp3) is 0.179. The second-order valence-corrected chi connectivity index (χ2v) is 10.7. The number of hydrogen-bond acceptors (Lipinski definition) is 6. The number of rotatable bonds is 7. The number of nitro groups is 1. The monoisotopic (exact) mass is 517 g/mol. The van der Waals surface area contributed by atoms with E-state index in [0.717, 1.165) is 28.0 Å². The molecule has 0 fully saturated rings. The summed E-state index contributed by atoms with van der Waals surface area (Å²) in [6.07, 6.45) is 3.30. The van der Waals surface area contributed by atoms with Gasteiger partial charge in [0.2, 0.25) is 0 Å². The molecule has 0 spiro atoms. The van der Waals surface area contributed by atoms with Crippen molar-refractivity contribution in [1.29, 1.82) is 0 Å². The van der Waals surface area contributed by atoms with E-state index in [4.69, 9.17) is 0 Å². The van der Waals surface area contributed by atoms with Gasteiger partial charge in [-0.3, -0.25) is 14.9 Å². The van der Waals surface area contributed by atoms with Gasteiger partial charge in [0.05, 0.1) is 4.92 Å². The summed E-state index contributed by atoms with van der Waals surface area (Å²) in [6.45, 7) is 1.51. The van der Waals surface area contributed by atoms with Crippen LogP contribution in [0.15, 0.2) is 76.5 Å². The van der Waals surface area contributed by atoms with Crippen LogP contribution in [0.25, 0.3) is 0 Å². The Bertz CT molecular complexity index is 1310. The Morgan fingerprint density at radius 3 is 2.00 bits per heavy atom. The van der Waals surface area contributed by atoms with E-state index in [-0.39, 0.29) is 10.8 Å². The summed E-state index contributed by atoms with van der Waals surface area (Å²) in [7, 11) is 0. The first-order valence-corrected chi connectivity index (χ1v) is 14.0. The maximum Gasteiger partial charge on any atom is 0.286 e. The molecule has 0 aliphatic heterocycles. The summed E-state index contributed by atoms with van der Waals surface area (Å²) in [6, 6.07) is 20.1. The summed E-state index contributed by atoms with van der Waals surface area (Å²) in [5, 5.41) is 11.6. The Hall–Kier alpha value is -3.10. The average Bonchev–Trinajstić information content (AvgIpc) is 2.85. The van der Waals surface area contributed by atoms with E-state index in [1.54, 1.807) is 36.4 Å². The minimum atomic E-state index is -0.440. The van der Waals surface area contributed by atoms with Crippen LogP contribution in [0.1, 0.15) is 35.6 Å².